The normalized spacial score (nSPS) is 10.9. The van der Waals surface area contributed by atoms with Crippen LogP contribution in [0.1, 0.15) is 5.69 Å². The Morgan fingerprint density at radius 1 is 1.50 bits per heavy atom. The molecule has 0 aliphatic heterocycles. The second kappa shape index (κ2) is 2.71. The van der Waals surface area contributed by atoms with Crippen molar-refractivity contribution in [2.45, 2.75) is 6.92 Å². The van der Waals surface area contributed by atoms with Crippen LogP contribution in [0, 0.1) is 6.92 Å². The summed E-state index contributed by atoms with van der Waals surface area (Å²) < 4.78 is 0.946. The predicted molar refractivity (Wildman–Crippen MR) is 51.3 cm³/mol. The molecule has 0 atom stereocenters. The van der Waals surface area contributed by atoms with Gasteiger partial charge in [-0.25, -0.2) is 9.97 Å². The van der Waals surface area contributed by atoms with Gasteiger partial charge in [-0.2, -0.15) is 0 Å². The van der Waals surface area contributed by atoms with E-state index in [4.69, 9.17) is 11.6 Å². The molecule has 0 unspecified atom stereocenters. The lowest BCUT2D eigenvalue weighted by Gasteiger charge is -1.89. The van der Waals surface area contributed by atoms with E-state index >= 15 is 0 Å². The molecule has 0 fully saturated rings. The Bertz CT molecular complexity index is 437. The highest BCUT2D eigenvalue weighted by molar-refractivity contribution is 9.10. The van der Waals surface area contributed by atoms with Crippen molar-refractivity contribution in [2.75, 3.05) is 0 Å². The first-order valence-electron chi connectivity index (χ1n) is 3.34. The lowest BCUT2D eigenvalue weighted by molar-refractivity contribution is 1.21. The van der Waals surface area contributed by atoms with Crippen LogP contribution in [0.2, 0.25) is 5.15 Å². The third kappa shape index (κ3) is 1.03. The first kappa shape index (κ1) is 8.01. The number of nitrogens with zero attached hydrogens (tertiary/aromatic N) is 2. The number of H-pyrrole nitrogens is 1. The summed E-state index contributed by atoms with van der Waals surface area (Å²) in [6, 6.07) is 0. The number of aromatic nitrogens is 3. The molecule has 2 rings (SSSR count). The molecule has 12 heavy (non-hydrogen) atoms. The Balaban J connectivity index is 2.95. The highest BCUT2D eigenvalue weighted by Gasteiger charge is 2.09. The minimum absolute atomic E-state index is 0.453. The first-order valence-corrected chi connectivity index (χ1v) is 4.51. The van der Waals surface area contributed by atoms with Gasteiger partial charge in [0.2, 0.25) is 0 Å². The summed E-state index contributed by atoms with van der Waals surface area (Å²) in [6.45, 7) is 1.95. The van der Waals surface area contributed by atoms with Crippen molar-refractivity contribution in [1.82, 2.24) is 15.0 Å². The zero-order valence-electron chi connectivity index (χ0n) is 6.23. The van der Waals surface area contributed by atoms with Crippen LogP contribution < -0.4 is 0 Å². The molecule has 0 aromatic carbocycles. The Morgan fingerprint density at radius 3 is 2.92 bits per heavy atom. The van der Waals surface area contributed by atoms with Crippen LogP contribution in [-0.2, 0) is 0 Å². The number of aromatic amines is 1. The Labute approximate surface area is 82.3 Å². The van der Waals surface area contributed by atoms with Gasteiger partial charge in [-0.05, 0) is 22.9 Å². The van der Waals surface area contributed by atoms with Crippen LogP contribution >= 0.6 is 27.5 Å². The van der Waals surface area contributed by atoms with E-state index in [1.807, 2.05) is 6.92 Å². The topological polar surface area (TPSA) is 41.6 Å². The van der Waals surface area contributed by atoms with Crippen molar-refractivity contribution in [3.05, 3.63) is 21.6 Å². The predicted octanol–water partition coefficient (Wildman–Crippen LogP) is 2.68. The minimum atomic E-state index is 0.453. The maximum absolute atomic E-state index is 5.84. The summed E-state index contributed by atoms with van der Waals surface area (Å²) in [6.07, 6.45) is 1.45. The van der Waals surface area contributed by atoms with Crippen LogP contribution in [0.3, 0.4) is 0 Å². The molecule has 5 heteroatoms. The molecule has 1 N–H and O–H groups in total. The Hall–Kier alpha value is -0.610. The number of aryl methyl sites for hydroxylation is 1. The van der Waals surface area contributed by atoms with Crippen molar-refractivity contribution >= 4 is 38.6 Å². The average molecular weight is 246 g/mol. The van der Waals surface area contributed by atoms with Crippen molar-refractivity contribution in [3.8, 4) is 0 Å². The Morgan fingerprint density at radius 2 is 2.25 bits per heavy atom. The lowest BCUT2D eigenvalue weighted by Crippen LogP contribution is -1.80. The van der Waals surface area contributed by atoms with Crippen LogP contribution in [0.5, 0.6) is 0 Å². The smallest absolute Gasteiger partial charge is 0.156 e. The second-order valence-electron chi connectivity index (χ2n) is 2.45. The van der Waals surface area contributed by atoms with Crippen LogP contribution in [-0.4, -0.2) is 15.0 Å². The number of hydrogen-bond donors (Lipinski definition) is 1. The van der Waals surface area contributed by atoms with E-state index in [0.29, 0.717) is 5.15 Å². The van der Waals surface area contributed by atoms with Crippen molar-refractivity contribution in [2.24, 2.45) is 0 Å². The molecule has 0 saturated heterocycles. The highest BCUT2D eigenvalue weighted by Crippen LogP contribution is 2.28. The SMILES string of the molecule is Cc1[nH]c2c(Cl)ncnc2c1Br. The lowest BCUT2D eigenvalue weighted by atomic mass is 10.4. The number of halogens is 2. The quantitative estimate of drug-likeness (QED) is 0.726. The zero-order chi connectivity index (χ0) is 8.72. The number of rotatable bonds is 0. The van der Waals surface area contributed by atoms with E-state index in [9.17, 15) is 0 Å². The number of hydrogen-bond acceptors (Lipinski definition) is 2. The van der Waals surface area contributed by atoms with E-state index in [0.717, 1.165) is 21.2 Å². The number of nitrogens with one attached hydrogen (secondary N) is 1. The van der Waals surface area contributed by atoms with Gasteiger partial charge < -0.3 is 4.98 Å². The molecule has 0 radical (unpaired) electrons. The molecule has 0 bridgehead atoms. The van der Waals surface area contributed by atoms with Crippen LogP contribution in [0.15, 0.2) is 10.8 Å². The third-order valence-electron chi connectivity index (χ3n) is 1.65. The van der Waals surface area contributed by atoms with Gasteiger partial charge >= 0.3 is 0 Å². The molecule has 3 nitrogen and oxygen atoms in total. The van der Waals surface area contributed by atoms with Crippen molar-refractivity contribution < 1.29 is 0 Å². The van der Waals surface area contributed by atoms with Gasteiger partial charge in [0.1, 0.15) is 17.4 Å². The van der Waals surface area contributed by atoms with E-state index in [1.54, 1.807) is 0 Å². The monoisotopic (exact) mass is 245 g/mol. The van der Waals surface area contributed by atoms with Crippen LogP contribution in [0.25, 0.3) is 11.0 Å². The van der Waals surface area contributed by atoms with Gasteiger partial charge in [-0.3, -0.25) is 0 Å². The fourth-order valence-electron chi connectivity index (χ4n) is 1.06. The molecule has 2 aromatic rings. The molecule has 2 aromatic heterocycles. The molecule has 0 spiro atoms. The molecular formula is C7H5BrClN3. The summed E-state index contributed by atoms with van der Waals surface area (Å²) in [5, 5.41) is 0.453. The maximum Gasteiger partial charge on any atom is 0.156 e. The number of fused-ring (bicyclic) bond motifs is 1. The fourth-order valence-corrected chi connectivity index (χ4v) is 1.64. The standard InChI is InChI=1S/C7H5BrClN3/c1-3-4(8)5-6(12-3)7(9)11-2-10-5/h2,12H,1H3. The van der Waals surface area contributed by atoms with E-state index in [2.05, 4.69) is 30.9 Å². The first-order chi connectivity index (χ1) is 5.70. The van der Waals surface area contributed by atoms with E-state index < -0.39 is 0 Å². The average Bonchev–Trinajstić information content (AvgIpc) is 2.32. The zero-order valence-corrected chi connectivity index (χ0v) is 8.57. The Kier molecular flexibility index (Phi) is 1.81. The molecule has 0 amide bonds. The minimum Gasteiger partial charge on any atom is -0.354 e. The summed E-state index contributed by atoms with van der Waals surface area (Å²) >= 11 is 9.24. The van der Waals surface area contributed by atoms with Gasteiger partial charge in [0.05, 0.1) is 4.47 Å². The molecule has 62 valence electrons. The molecule has 0 aliphatic carbocycles. The van der Waals surface area contributed by atoms with Crippen molar-refractivity contribution in [1.29, 1.82) is 0 Å². The molecule has 0 saturated carbocycles. The fraction of sp³-hybridized carbons (Fsp3) is 0.143. The summed E-state index contributed by atoms with van der Waals surface area (Å²) in [5.74, 6) is 0. The highest BCUT2D eigenvalue weighted by atomic mass is 79.9. The van der Waals surface area contributed by atoms with Gasteiger partial charge in [0.25, 0.3) is 0 Å². The maximum atomic E-state index is 5.84. The van der Waals surface area contributed by atoms with Gasteiger partial charge in [-0.1, -0.05) is 11.6 Å². The summed E-state index contributed by atoms with van der Waals surface area (Å²) in [7, 11) is 0. The second-order valence-corrected chi connectivity index (χ2v) is 3.60. The molecule has 2 heterocycles. The largest absolute Gasteiger partial charge is 0.354 e. The van der Waals surface area contributed by atoms with E-state index in [-0.39, 0.29) is 0 Å². The van der Waals surface area contributed by atoms with Gasteiger partial charge in [-0.15, -0.1) is 0 Å². The van der Waals surface area contributed by atoms with Crippen LogP contribution in [0.4, 0.5) is 0 Å². The van der Waals surface area contributed by atoms with E-state index in [1.165, 1.54) is 6.33 Å². The summed E-state index contributed by atoms with van der Waals surface area (Å²) in [5.41, 5.74) is 2.61. The molecule has 0 aliphatic rings. The van der Waals surface area contributed by atoms with Gasteiger partial charge in [0, 0.05) is 5.69 Å². The third-order valence-corrected chi connectivity index (χ3v) is 2.91. The molecular weight excluding hydrogens is 241 g/mol. The van der Waals surface area contributed by atoms with Gasteiger partial charge in [0.15, 0.2) is 5.15 Å². The summed E-state index contributed by atoms with van der Waals surface area (Å²) in [4.78, 5) is 11.0. The van der Waals surface area contributed by atoms with Crippen molar-refractivity contribution in [3.63, 3.8) is 0 Å².